The molecule has 1 amide bonds. The number of hydrogen-bond acceptors (Lipinski definition) is 6. The molecule has 1 aliphatic heterocycles. The van der Waals surface area contributed by atoms with Gasteiger partial charge in [-0.05, 0) is 80.7 Å². The Bertz CT molecular complexity index is 1320. The molecule has 3 aromatic heterocycles. The first-order chi connectivity index (χ1) is 18.1. The number of rotatable bonds is 6. The van der Waals surface area contributed by atoms with Crippen molar-refractivity contribution in [3.63, 3.8) is 0 Å². The van der Waals surface area contributed by atoms with Gasteiger partial charge < -0.3 is 10.1 Å². The summed E-state index contributed by atoms with van der Waals surface area (Å²) in [5, 5.41) is 7.44. The van der Waals surface area contributed by atoms with Crippen LogP contribution in [0, 0.1) is 13.8 Å². The lowest BCUT2D eigenvalue weighted by Crippen LogP contribution is -2.43. The van der Waals surface area contributed by atoms with Crippen molar-refractivity contribution in [1.29, 1.82) is 0 Å². The van der Waals surface area contributed by atoms with Gasteiger partial charge in [-0.25, -0.2) is 9.67 Å². The van der Waals surface area contributed by atoms with Crippen LogP contribution in [0.3, 0.4) is 0 Å². The first-order valence-electron chi connectivity index (χ1n) is 13.4. The number of ether oxygens (including phenoxy) is 1. The molecule has 8 nitrogen and oxygen atoms in total. The summed E-state index contributed by atoms with van der Waals surface area (Å²) in [6, 6.07) is 6.70. The average molecular weight is 499 g/mol. The number of carbonyl (C=O) groups excluding carboxylic acids is 1. The molecule has 0 aromatic carbocycles. The van der Waals surface area contributed by atoms with Crippen LogP contribution < -0.4 is 5.32 Å². The van der Waals surface area contributed by atoms with E-state index < -0.39 is 0 Å². The van der Waals surface area contributed by atoms with Gasteiger partial charge in [0, 0.05) is 25.3 Å². The molecule has 4 heterocycles. The number of anilines is 1. The van der Waals surface area contributed by atoms with Crippen LogP contribution in [0.4, 0.5) is 5.69 Å². The molecule has 0 unspecified atom stereocenters. The normalized spacial score (nSPS) is 20.5. The summed E-state index contributed by atoms with van der Waals surface area (Å²) in [5.74, 6) is 1.18. The van der Waals surface area contributed by atoms with Crippen molar-refractivity contribution in [3.8, 4) is 5.82 Å². The van der Waals surface area contributed by atoms with Gasteiger partial charge in [0.25, 0.3) is 5.91 Å². The Balaban J connectivity index is 1.12. The Hall–Kier alpha value is -3.36. The van der Waals surface area contributed by atoms with Gasteiger partial charge in [0.15, 0.2) is 5.82 Å². The molecule has 1 saturated carbocycles. The van der Waals surface area contributed by atoms with Gasteiger partial charge in [0.2, 0.25) is 0 Å². The van der Waals surface area contributed by atoms with Crippen LogP contribution in [0.1, 0.15) is 70.9 Å². The Labute approximate surface area is 217 Å². The average Bonchev–Trinajstić information content (AvgIpc) is 3.71. The summed E-state index contributed by atoms with van der Waals surface area (Å²) in [7, 11) is 0. The highest BCUT2D eigenvalue weighted by Crippen LogP contribution is 2.39. The number of nitrogens with one attached hydrogen (secondary N) is 1. The van der Waals surface area contributed by atoms with Crippen LogP contribution in [0.15, 0.2) is 42.9 Å². The summed E-state index contributed by atoms with van der Waals surface area (Å²) < 4.78 is 7.22. The first kappa shape index (κ1) is 24.0. The summed E-state index contributed by atoms with van der Waals surface area (Å²) in [4.78, 5) is 24.9. The fraction of sp³-hybridized carbons (Fsp3) is 0.448. The van der Waals surface area contributed by atoms with Crippen molar-refractivity contribution in [2.75, 3.05) is 31.6 Å². The third-order valence-electron chi connectivity index (χ3n) is 7.88. The van der Waals surface area contributed by atoms with E-state index in [1.807, 2.05) is 25.3 Å². The lowest BCUT2D eigenvalue weighted by atomic mass is 9.90. The van der Waals surface area contributed by atoms with Gasteiger partial charge >= 0.3 is 0 Å². The molecular weight excluding hydrogens is 464 g/mol. The van der Waals surface area contributed by atoms with Crippen LogP contribution in [0.5, 0.6) is 0 Å². The quantitative estimate of drug-likeness (QED) is 0.531. The number of allylic oxidation sites excluding steroid dienone is 1. The van der Waals surface area contributed by atoms with Gasteiger partial charge in [-0.1, -0.05) is 12.1 Å². The maximum Gasteiger partial charge on any atom is 0.259 e. The molecule has 0 bridgehead atoms. The fourth-order valence-corrected chi connectivity index (χ4v) is 5.53. The zero-order chi connectivity index (χ0) is 25.4. The number of nitrogens with zero attached hydrogens (tertiary/aromatic N) is 5. The summed E-state index contributed by atoms with van der Waals surface area (Å²) in [6.07, 6.45) is 13.3. The van der Waals surface area contributed by atoms with Crippen molar-refractivity contribution < 1.29 is 9.53 Å². The topological polar surface area (TPSA) is 85.2 Å². The van der Waals surface area contributed by atoms with Crippen molar-refractivity contribution in [2.24, 2.45) is 0 Å². The Morgan fingerprint density at radius 3 is 2.57 bits per heavy atom. The highest BCUT2D eigenvalue weighted by atomic mass is 16.5. The molecule has 0 radical (unpaired) electrons. The minimum Gasteiger partial charge on any atom is -0.379 e. The zero-order valence-corrected chi connectivity index (χ0v) is 21.6. The van der Waals surface area contributed by atoms with E-state index in [1.54, 1.807) is 17.1 Å². The third kappa shape index (κ3) is 5.08. The van der Waals surface area contributed by atoms with Crippen molar-refractivity contribution in [3.05, 3.63) is 70.9 Å². The van der Waals surface area contributed by atoms with E-state index in [-0.39, 0.29) is 5.91 Å². The van der Waals surface area contributed by atoms with E-state index >= 15 is 0 Å². The van der Waals surface area contributed by atoms with Crippen LogP contribution in [-0.4, -0.2) is 62.9 Å². The van der Waals surface area contributed by atoms with Gasteiger partial charge in [0.1, 0.15) is 0 Å². The van der Waals surface area contributed by atoms with Crippen molar-refractivity contribution in [1.82, 2.24) is 24.6 Å². The molecule has 2 aliphatic carbocycles. The number of aromatic nitrogens is 4. The number of pyridine rings is 2. The second-order valence-electron chi connectivity index (χ2n) is 10.4. The monoisotopic (exact) mass is 498 g/mol. The zero-order valence-electron chi connectivity index (χ0n) is 21.6. The summed E-state index contributed by atoms with van der Waals surface area (Å²) >= 11 is 0. The van der Waals surface area contributed by atoms with Crippen LogP contribution >= 0.6 is 0 Å². The molecule has 37 heavy (non-hydrogen) atoms. The Kier molecular flexibility index (Phi) is 6.61. The van der Waals surface area contributed by atoms with Gasteiger partial charge in [-0.15, -0.1) is 0 Å². The number of aryl methyl sites for hydroxylation is 1. The van der Waals surface area contributed by atoms with E-state index in [4.69, 9.17) is 9.72 Å². The fourth-order valence-electron chi connectivity index (χ4n) is 5.53. The third-order valence-corrected chi connectivity index (χ3v) is 7.88. The smallest absolute Gasteiger partial charge is 0.259 e. The summed E-state index contributed by atoms with van der Waals surface area (Å²) in [6.45, 7) is 7.69. The lowest BCUT2D eigenvalue weighted by Gasteiger charge is -2.36. The second kappa shape index (κ2) is 10.2. The minimum atomic E-state index is -0.197. The molecule has 192 valence electrons. The molecule has 1 saturated heterocycles. The lowest BCUT2D eigenvalue weighted by molar-refractivity contribution is 0.0150. The molecule has 8 heteroatoms. The molecule has 6 rings (SSSR count). The Morgan fingerprint density at radius 2 is 1.89 bits per heavy atom. The van der Waals surface area contributed by atoms with Crippen LogP contribution in [0.2, 0.25) is 0 Å². The molecule has 0 spiro atoms. The van der Waals surface area contributed by atoms with Gasteiger partial charge in [0.05, 0.1) is 48.2 Å². The second-order valence-corrected chi connectivity index (χ2v) is 10.4. The molecule has 3 aromatic rings. The predicted octanol–water partition coefficient (Wildman–Crippen LogP) is 4.68. The largest absolute Gasteiger partial charge is 0.379 e. The maximum absolute atomic E-state index is 13.1. The highest BCUT2D eigenvalue weighted by Gasteiger charge is 2.25. The van der Waals surface area contributed by atoms with E-state index in [0.717, 1.165) is 68.3 Å². The SMILES string of the molecule is Cc1cc(NC(=O)c2cnn(-c3ccc(C4CC4)cn3)c2C)cnc1C1=CC[C@@H](N2CCOCC2)CC1. The van der Waals surface area contributed by atoms with Crippen molar-refractivity contribution in [2.45, 2.75) is 57.9 Å². The summed E-state index contributed by atoms with van der Waals surface area (Å²) in [5.41, 5.74) is 6.65. The molecular formula is C29H34N6O2. The van der Waals surface area contributed by atoms with E-state index in [2.05, 4.69) is 39.4 Å². The molecule has 1 N–H and O–H groups in total. The van der Waals surface area contributed by atoms with Crippen LogP contribution in [0.25, 0.3) is 11.4 Å². The Morgan fingerprint density at radius 1 is 1.05 bits per heavy atom. The number of amides is 1. The number of morpholine rings is 1. The van der Waals surface area contributed by atoms with Crippen LogP contribution in [-0.2, 0) is 4.74 Å². The molecule has 2 fully saturated rings. The number of hydrogen-bond donors (Lipinski definition) is 1. The van der Waals surface area contributed by atoms with E-state index in [1.165, 1.54) is 24.0 Å². The van der Waals surface area contributed by atoms with E-state index in [0.29, 0.717) is 23.2 Å². The maximum atomic E-state index is 13.1. The van der Waals surface area contributed by atoms with E-state index in [9.17, 15) is 4.79 Å². The minimum absolute atomic E-state index is 0.197. The first-order valence-corrected chi connectivity index (χ1v) is 13.4. The van der Waals surface area contributed by atoms with Gasteiger partial charge in [-0.2, -0.15) is 5.10 Å². The highest BCUT2D eigenvalue weighted by molar-refractivity contribution is 6.05. The molecule has 1 atom stereocenters. The standard InChI is InChI=1S/C29H34N6O2/c1-19-15-24(17-31-28(19)22-5-8-25(9-6-22)34-11-13-37-14-12-34)33-29(36)26-18-32-35(20(26)2)27-10-7-23(16-30-27)21-3-4-21/h5,7,10,15-18,21,25H,3-4,6,8-9,11-14H2,1-2H3,(H,33,36)/t25-/m1/s1. The predicted molar refractivity (Wildman–Crippen MR) is 143 cm³/mol. The van der Waals surface area contributed by atoms with Crippen molar-refractivity contribution >= 4 is 17.2 Å². The molecule has 3 aliphatic rings. The van der Waals surface area contributed by atoms with Gasteiger partial charge in [-0.3, -0.25) is 14.7 Å². The number of carbonyl (C=O) groups is 1.